The molecule has 3 aromatic carbocycles. The van der Waals surface area contributed by atoms with E-state index in [0.29, 0.717) is 23.2 Å². The van der Waals surface area contributed by atoms with Gasteiger partial charge in [-0.15, -0.1) is 0 Å². The highest BCUT2D eigenvalue weighted by Crippen LogP contribution is 2.32. The summed E-state index contributed by atoms with van der Waals surface area (Å²) in [5.41, 5.74) is 4.13. The fourth-order valence-electron chi connectivity index (χ4n) is 3.25. The Morgan fingerprint density at radius 3 is 2.50 bits per heavy atom. The third-order valence-electron chi connectivity index (χ3n) is 4.74. The lowest BCUT2D eigenvalue weighted by atomic mass is 10.2. The van der Waals surface area contributed by atoms with Crippen LogP contribution in [-0.4, -0.2) is 16.2 Å². The minimum Gasteiger partial charge on any atom is -0.492 e. The van der Waals surface area contributed by atoms with Crippen LogP contribution < -0.4 is 4.74 Å². The number of rotatable bonds is 6. The molecule has 0 N–H and O–H groups in total. The lowest BCUT2D eigenvalue weighted by molar-refractivity contribution is 0.301. The Morgan fingerprint density at radius 2 is 1.75 bits per heavy atom. The average molecular weight is 411 g/mol. The van der Waals surface area contributed by atoms with E-state index < -0.39 is 0 Å². The molecule has 1 heterocycles. The molecule has 28 heavy (non-hydrogen) atoms. The number of aryl methyl sites for hydroxylation is 1. The topological polar surface area (TPSA) is 27.1 Å². The quantitative estimate of drug-likeness (QED) is 0.355. The molecule has 0 saturated heterocycles. The van der Waals surface area contributed by atoms with Crippen LogP contribution in [0.4, 0.5) is 0 Å². The predicted molar refractivity (Wildman–Crippen MR) is 117 cm³/mol. The van der Waals surface area contributed by atoms with E-state index >= 15 is 0 Å². The van der Waals surface area contributed by atoms with Crippen molar-refractivity contribution in [3.63, 3.8) is 0 Å². The van der Waals surface area contributed by atoms with Gasteiger partial charge in [0.15, 0.2) is 0 Å². The number of halogens is 2. The summed E-state index contributed by atoms with van der Waals surface area (Å²) in [7, 11) is 0. The normalized spacial score (nSPS) is 11.1. The highest BCUT2D eigenvalue weighted by molar-refractivity contribution is 6.36. The summed E-state index contributed by atoms with van der Waals surface area (Å²) in [6, 6.07) is 21.8. The number of ether oxygens (including phenoxy) is 1. The molecule has 4 rings (SSSR count). The van der Waals surface area contributed by atoms with Gasteiger partial charge in [-0.25, -0.2) is 4.98 Å². The fraction of sp³-hybridized carbons (Fsp3) is 0.174. The van der Waals surface area contributed by atoms with Crippen LogP contribution in [0.15, 0.2) is 66.7 Å². The van der Waals surface area contributed by atoms with E-state index in [4.69, 9.17) is 32.9 Å². The molecular formula is C23H20Cl2N2O. The first kappa shape index (κ1) is 18.9. The second-order valence-corrected chi connectivity index (χ2v) is 7.39. The second-order valence-electron chi connectivity index (χ2n) is 6.55. The van der Waals surface area contributed by atoms with Crippen molar-refractivity contribution in [3.05, 3.63) is 82.3 Å². The van der Waals surface area contributed by atoms with E-state index in [-0.39, 0.29) is 0 Å². The van der Waals surface area contributed by atoms with Crippen LogP contribution in [0, 0.1) is 0 Å². The van der Waals surface area contributed by atoms with E-state index in [2.05, 4.69) is 29.7 Å². The first-order chi connectivity index (χ1) is 13.7. The van der Waals surface area contributed by atoms with E-state index in [1.165, 1.54) is 5.56 Å². The Hall–Kier alpha value is -2.49. The second kappa shape index (κ2) is 8.26. The number of hydrogen-bond donors (Lipinski definition) is 0. The summed E-state index contributed by atoms with van der Waals surface area (Å²) in [6.45, 7) is 3.33. The first-order valence-electron chi connectivity index (χ1n) is 9.28. The van der Waals surface area contributed by atoms with Gasteiger partial charge in [0.2, 0.25) is 0 Å². The van der Waals surface area contributed by atoms with Gasteiger partial charge in [0.05, 0.1) is 22.6 Å². The molecule has 0 aliphatic carbocycles. The fourth-order valence-corrected chi connectivity index (χ4v) is 3.75. The largest absolute Gasteiger partial charge is 0.492 e. The van der Waals surface area contributed by atoms with E-state index in [1.807, 2.05) is 42.5 Å². The zero-order valence-electron chi connectivity index (χ0n) is 15.5. The van der Waals surface area contributed by atoms with E-state index in [9.17, 15) is 0 Å². The van der Waals surface area contributed by atoms with Gasteiger partial charge in [0, 0.05) is 10.6 Å². The summed E-state index contributed by atoms with van der Waals surface area (Å²) in [4.78, 5) is 4.80. The molecule has 0 spiro atoms. The highest BCUT2D eigenvalue weighted by Gasteiger charge is 2.15. The molecule has 0 aliphatic rings. The summed E-state index contributed by atoms with van der Waals surface area (Å²) in [6.07, 6.45) is 1.02. The first-order valence-corrected chi connectivity index (χ1v) is 10.0. The zero-order chi connectivity index (χ0) is 19.5. The van der Waals surface area contributed by atoms with Gasteiger partial charge >= 0.3 is 0 Å². The number of aromatic nitrogens is 2. The molecule has 0 bridgehead atoms. The van der Waals surface area contributed by atoms with Crippen molar-refractivity contribution < 1.29 is 4.74 Å². The molecule has 0 unspecified atom stereocenters. The maximum Gasteiger partial charge on any atom is 0.142 e. The monoisotopic (exact) mass is 410 g/mol. The third kappa shape index (κ3) is 3.87. The lowest BCUT2D eigenvalue weighted by Crippen LogP contribution is -2.09. The summed E-state index contributed by atoms with van der Waals surface area (Å²) in [5, 5.41) is 1.19. The van der Waals surface area contributed by atoms with Crippen LogP contribution in [0.2, 0.25) is 10.0 Å². The van der Waals surface area contributed by atoms with Crippen LogP contribution in [0.1, 0.15) is 12.5 Å². The van der Waals surface area contributed by atoms with Gasteiger partial charge in [-0.3, -0.25) is 0 Å². The van der Waals surface area contributed by atoms with Crippen LogP contribution in [0.3, 0.4) is 0 Å². The maximum atomic E-state index is 6.45. The van der Waals surface area contributed by atoms with Gasteiger partial charge < -0.3 is 9.30 Å². The Bertz CT molecular complexity index is 1100. The van der Waals surface area contributed by atoms with Crippen LogP contribution in [0.25, 0.3) is 22.4 Å². The Kier molecular flexibility index (Phi) is 5.56. The molecule has 3 nitrogen and oxygen atoms in total. The molecule has 0 radical (unpaired) electrons. The van der Waals surface area contributed by atoms with Gasteiger partial charge in [-0.2, -0.15) is 0 Å². The molecule has 0 fully saturated rings. The predicted octanol–water partition coefficient (Wildman–Crippen LogP) is 6.65. The van der Waals surface area contributed by atoms with Crippen molar-refractivity contribution in [1.29, 1.82) is 0 Å². The number of nitrogens with zero attached hydrogens (tertiary/aromatic N) is 2. The molecule has 0 amide bonds. The van der Waals surface area contributed by atoms with Crippen molar-refractivity contribution >= 4 is 34.2 Å². The van der Waals surface area contributed by atoms with Gasteiger partial charge in [-0.05, 0) is 54.4 Å². The van der Waals surface area contributed by atoms with Crippen LogP contribution >= 0.6 is 23.2 Å². The molecule has 4 aromatic rings. The molecule has 0 aliphatic heterocycles. The molecule has 5 heteroatoms. The van der Waals surface area contributed by atoms with Crippen molar-refractivity contribution in [1.82, 2.24) is 9.55 Å². The SMILES string of the molecule is CCc1ccc(OCCn2c(-c3ccc(Cl)cc3Cl)nc3ccccc32)cc1. The van der Waals surface area contributed by atoms with Crippen molar-refractivity contribution in [2.24, 2.45) is 0 Å². The minimum atomic E-state index is 0.532. The smallest absolute Gasteiger partial charge is 0.142 e. The number of benzene rings is 3. The highest BCUT2D eigenvalue weighted by atomic mass is 35.5. The lowest BCUT2D eigenvalue weighted by Gasteiger charge is -2.12. The molecule has 0 atom stereocenters. The summed E-state index contributed by atoms with van der Waals surface area (Å²) < 4.78 is 8.11. The summed E-state index contributed by atoms with van der Waals surface area (Å²) in [5.74, 6) is 1.68. The van der Waals surface area contributed by atoms with E-state index in [1.54, 1.807) is 6.07 Å². The standard InChI is InChI=1S/C23H20Cl2N2O/c1-2-16-7-10-18(11-8-16)28-14-13-27-22-6-4-3-5-21(22)26-23(27)19-12-9-17(24)15-20(19)25/h3-12,15H,2,13-14H2,1H3. The Balaban J connectivity index is 1.63. The number of fused-ring (bicyclic) bond motifs is 1. The number of para-hydroxylation sites is 2. The molecular weight excluding hydrogens is 391 g/mol. The molecule has 1 aromatic heterocycles. The zero-order valence-corrected chi connectivity index (χ0v) is 17.0. The number of imidazole rings is 1. The van der Waals surface area contributed by atoms with Crippen LogP contribution in [-0.2, 0) is 13.0 Å². The third-order valence-corrected chi connectivity index (χ3v) is 5.29. The Labute approximate surface area is 174 Å². The Morgan fingerprint density at radius 1 is 0.964 bits per heavy atom. The molecule has 142 valence electrons. The maximum absolute atomic E-state index is 6.45. The van der Waals surface area contributed by atoms with Gasteiger partial charge in [0.25, 0.3) is 0 Å². The van der Waals surface area contributed by atoms with Crippen molar-refractivity contribution in [2.45, 2.75) is 19.9 Å². The minimum absolute atomic E-state index is 0.532. The van der Waals surface area contributed by atoms with Crippen molar-refractivity contribution in [3.8, 4) is 17.1 Å². The average Bonchev–Trinajstić information content (AvgIpc) is 3.07. The molecule has 0 saturated carbocycles. The van der Waals surface area contributed by atoms with Crippen LogP contribution in [0.5, 0.6) is 5.75 Å². The number of hydrogen-bond acceptors (Lipinski definition) is 2. The van der Waals surface area contributed by atoms with E-state index in [0.717, 1.165) is 34.6 Å². The van der Waals surface area contributed by atoms with Gasteiger partial charge in [0.1, 0.15) is 18.2 Å². The van der Waals surface area contributed by atoms with Crippen molar-refractivity contribution in [2.75, 3.05) is 6.61 Å². The summed E-state index contributed by atoms with van der Waals surface area (Å²) >= 11 is 12.5. The van der Waals surface area contributed by atoms with Gasteiger partial charge in [-0.1, -0.05) is 54.4 Å².